The predicted molar refractivity (Wildman–Crippen MR) is 88.9 cm³/mol. The molecule has 1 N–H and O–H groups in total. The van der Waals surface area contributed by atoms with Crippen LogP contribution in [0.5, 0.6) is 0 Å². The molecule has 0 fully saturated rings. The molecule has 0 atom stereocenters. The van der Waals surface area contributed by atoms with Crippen molar-refractivity contribution in [1.82, 2.24) is 4.57 Å². The Morgan fingerprint density at radius 1 is 1.15 bits per heavy atom. The van der Waals surface area contributed by atoms with Gasteiger partial charge in [0.25, 0.3) is 5.56 Å². The Bertz CT molecular complexity index is 713. The summed E-state index contributed by atoms with van der Waals surface area (Å²) >= 11 is 9.78. The molecular formula is C13H9Br3N2O2. The van der Waals surface area contributed by atoms with E-state index in [2.05, 4.69) is 53.1 Å². The second-order valence-electron chi connectivity index (χ2n) is 4.00. The highest BCUT2D eigenvalue weighted by molar-refractivity contribution is 9.11. The number of rotatable bonds is 3. The van der Waals surface area contributed by atoms with Crippen LogP contribution < -0.4 is 10.9 Å². The van der Waals surface area contributed by atoms with Crippen molar-refractivity contribution in [3.05, 3.63) is 60.3 Å². The highest BCUT2D eigenvalue weighted by Crippen LogP contribution is 2.16. The van der Waals surface area contributed by atoms with Crippen molar-refractivity contribution in [2.45, 2.75) is 6.54 Å². The molecule has 2 rings (SSSR count). The second kappa shape index (κ2) is 6.69. The van der Waals surface area contributed by atoms with Crippen molar-refractivity contribution in [2.75, 3.05) is 5.32 Å². The maximum absolute atomic E-state index is 12.0. The lowest BCUT2D eigenvalue weighted by Crippen LogP contribution is -2.27. The number of carbonyl (C=O) groups excluding carboxylic acids is 1. The zero-order chi connectivity index (χ0) is 14.7. The summed E-state index contributed by atoms with van der Waals surface area (Å²) < 4.78 is 3.33. The second-order valence-corrected chi connectivity index (χ2v) is 6.68. The van der Waals surface area contributed by atoms with E-state index in [1.807, 2.05) is 12.1 Å². The number of aromatic nitrogens is 1. The number of nitrogens with zero attached hydrogens (tertiary/aromatic N) is 1. The Kier molecular flexibility index (Phi) is 5.17. The standard InChI is InChI=1S/C13H9Br3N2O2/c14-8-2-1-3-10(4-8)17-12(19)7-18-6-9(15)5-11(16)13(18)20/h1-6H,7H2,(H,17,19). The van der Waals surface area contributed by atoms with Crippen LogP contribution in [-0.2, 0) is 11.3 Å². The van der Waals surface area contributed by atoms with Crippen LogP contribution in [-0.4, -0.2) is 10.5 Å². The quantitative estimate of drug-likeness (QED) is 0.751. The molecule has 0 saturated heterocycles. The molecule has 1 amide bonds. The zero-order valence-corrected chi connectivity index (χ0v) is 14.8. The van der Waals surface area contributed by atoms with Gasteiger partial charge in [0.05, 0.1) is 4.47 Å². The van der Waals surface area contributed by atoms with Gasteiger partial charge in [-0.15, -0.1) is 0 Å². The normalized spacial score (nSPS) is 10.3. The summed E-state index contributed by atoms with van der Waals surface area (Å²) in [6.07, 6.45) is 1.58. The number of anilines is 1. The van der Waals surface area contributed by atoms with Gasteiger partial charge in [-0.05, 0) is 56.1 Å². The molecule has 0 unspecified atom stereocenters. The first kappa shape index (κ1) is 15.5. The molecule has 0 bridgehead atoms. The van der Waals surface area contributed by atoms with Crippen molar-refractivity contribution in [3.63, 3.8) is 0 Å². The van der Waals surface area contributed by atoms with Gasteiger partial charge >= 0.3 is 0 Å². The van der Waals surface area contributed by atoms with Crippen molar-refractivity contribution >= 4 is 59.4 Å². The van der Waals surface area contributed by atoms with E-state index >= 15 is 0 Å². The molecule has 0 aliphatic carbocycles. The first-order chi connectivity index (χ1) is 9.45. The van der Waals surface area contributed by atoms with E-state index in [0.717, 1.165) is 8.95 Å². The summed E-state index contributed by atoms with van der Waals surface area (Å²) in [5, 5.41) is 2.74. The van der Waals surface area contributed by atoms with Crippen LogP contribution in [0.15, 0.2) is 54.7 Å². The SMILES string of the molecule is O=C(Cn1cc(Br)cc(Br)c1=O)Nc1cccc(Br)c1. The van der Waals surface area contributed by atoms with E-state index in [0.29, 0.717) is 10.2 Å². The molecule has 0 saturated carbocycles. The molecule has 7 heteroatoms. The number of halogens is 3. The molecule has 1 heterocycles. The predicted octanol–water partition coefficient (Wildman–Crippen LogP) is 3.77. The molecule has 1 aromatic heterocycles. The van der Waals surface area contributed by atoms with Crippen molar-refractivity contribution < 1.29 is 4.79 Å². The molecule has 0 radical (unpaired) electrons. The van der Waals surface area contributed by atoms with Crippen molar-refractivity contribution in [3.8, 4) is 0 Å². The Labute approximate surface area is 140 Å². The molecular weight excluding hydrogens is 456 g/mol. The van der Waals surface area contributed by atoms with E-state index in [1.54, 1.807) is 24.4 Å². The molecule has 1 aromatic carbocycles. The number of hydrogen-bond acceptors (Lipinski definition) is 2. The summed E-state index contributed by atoms with van der Waals surface area (Å²) in [6.45, 7) is -0.0522. The third-order valence-corrected chi connectivity index (χ3v) is 3.93. The van der Waals surface area contributed by atoms with Crippen LogP contribution in [0, 0.1) is 0 Å². The fourth-order valence-corrected chi connectivity index (χ4v) is 3.26. The Morgan fingerprint density at radius 3 is 2.60 bits per heavy atom. The van der Waals surface area contributed by atoms with Gasteiger partial charge in [-0.25, -0.2) is 0 Å². The van der Waals surface area contributed by atoms with Crippen LogP contribution in [0.2, 0.25) is 0 Å². The number of hydrogen-bond donors (Lipinski definition) is 1. The number of carbonyl (C=O) groups is 1. The van der Waals surface area contributed by atoms with Gasteiger partial charge in [0.1, 0.15) is 6.54 Å². The molecule has 2 aromatic rings. The Hall–Kier alpha value is -0.920. The lowest BCUT2D eigenvalue weighted by molar-refractivity contribution is -0.116. The van der Waals surface area contributed by atoms with E-state index in [4.69, 9.17) is 0 Å². The van der Waals surface area contributed by atoms with Gasteiger partial charge in [-0.3, -0.25) is 9.59 Å². The summed E-state index contributed by atoms with van der Waals surface area (Å²) in [6, 6.07) is 8.90. The van der Waals surface area contributed by atoms with E-state index in [9.17, 15) is 9.59 Å². The van der Waals surface area contributed by atoms with Crippen molar-refractivity contribution in [2.24, 2.45) is 0 Å². The number of amides is 1. The molecule has 20 heavy (non-hydrogen) atoms. The van der Waals surface area contributed by atoms with Crippen LogP contribution in [0.1, 0.15) is 0 Å². The van der Waals surface area contributed by atoms with Crippen LogP contribution in [0.25, 0.3) is 0 Å². The van der Waals surface area contributed by atoms with E-state index in [-0.39, 0.29) is 18.0 Å². The monoisotopic (exact) mass is 462 g/mol. The van der Waals surface area contributed by atoms with Gasteiger partial charge < -0.3 is 9.88 Å². The third kappa shape index (κ3) is 4.04. The lowest BCUT2D eigenvalue weighted by Gasteiger charge is -2.08. The summed E-state index contributed by atoms with van der Waals surface area (Å²) in [5.74, 6) is -0.268. The summed E-state index contributed by atoms with van der Waals surface area (Å²) in [5.41, 5.74) is 0.420. The number of nitrogens with one attached hydrogen (secondary N) is 1. The third-order valence-electron chi connectivity index (χ3n) is 2.43. The topological polar surface area (TPSA) is 51.1 Å². The maximum Gasteiger partial charge on any atom is 0.265 e. The largest absolute Gasteiger partial charge is 0.324 e. The summed E-state index contributed by atoms with van der Waals surface area (Å²) in [4.78, 5) is 23.8. The van der Waals surface area contributed by atoms with Gasteiger partial charge in [0, 0.05) is 20.8 Å². The number of benzene rings is 1. The number of pyridine rings is 1. The van der Waals surface area contributed by atoms with Crippen LogP contribution in [0.4, 0.5) is 5.69 Å². The zero-order valence-electron chi connectivity index (χ0n) is 10.1. The minimum absolute atomic E-state index is 0.0522. The summed E-state index contributed by atoms with van der Waals surface area (Å²) in [7, 11) is 0. The fraction of sp³-hybridized carbons (Fsp3) is 0.0769. The molecule has 4 nitrogen and oxygen atoms in total. The first-order valence-electron chi connectivity index (χ1n) is 5.56. The Balaban J connectivity index is 2.15. The molecule has 0 aliphatic rings. The minimum atomic E-state index is -0.268. The molecule has 0 spiro atoms. The minimum Gasteiger partial charge on any atom is -0.324 e. The van der Waals surface area contributed by atoms with Crippen LogP contribution in [0.3, 0.4) is 0 Å². The van der Waals surface area contributed by atoms with Gasteiger partial charge in [0.2, 0.25) is 5.91 Å². The molecule has 0 aliphatic heterocycles. The smallest absolute Gasteiger partial charge is 0.265 e. The Morgan fingerprint density at radius 2 is 1.90 bits per heavy atom. The maximum atomic E-state index is 12.0. The first-order valence-corrected chi connectivity index (χ1v) is 7.94. The van der Waals surface area contributed by atoms with Gasteiger partial charge in [0.15, 0.2) is 0 Å². The van der Waals surface area contributed by atoms with Gasteiger partial charge in [-0.1, -0.05) is 22.0 Å². The van der Waals surface area contributed by atoms with E-state index in [1.165, 1.54) is 4.57 Å². The van der Waals surface area contributed by atoms with E-state index < -0.39 is 0 Å². The lowest BCUT2D eigenvalue weighted by atomic mass is 10.3. The van der Waals surface area contributed by atoms with Crippen LogP contribution >= 0.6 is 47.8 Å². The highest BCUT2D eigenvalue weighted by Gasteiger charge is 2.08. The average Bonchev–Trinajstić information content (AvgIpc) is 2.35. The average molecular weight is 465 g/mol. The highest BCUT2D eigenvalue weighted by atomic mass is 79.9. The molecule has 104 valence electrons. The fourth-order valence-electron chi connectivity index (χ4n) is 1.60. The van der Waals surface area contributed by atoms with Gasteiger partial charge in [-0.2, -0.15) is 0 Å². The van der Waals surface area contributed by atoms with Crippen molar-refractivity contribution in [1.29, 1.82) is 0 Å².